The maximum absolute atomic E-state index is 13.7. The Bertz CT molecular complexity index is 818. The molecule has 1 saturated heterocycles. The van der Waals surface area contributed by atoms with E-state index in [1.54, 1.807) is 37.6 Å². The van der Waals surface area contributed by atoms with Crippen LogP contribution in [-0.4, -0.2) is 47.4 Å². The van der Waals surface area contributed by atoms with Crippen LogP contribution in [0.4, 0.5) is 23.7 Å². The first-order valence-corrected chi connectivity index (χ1v) is 9.27. The molecular weight excluding hydrogens is 373 g/mol. The molecule has 1 aromatic rings. The average molecular weight is 400 g/mol. The smallest absolute Gasteiger partial charge is 0.418 e. The minimum absolute atomic E-state index is 0.0707. The van der Waals surface area contributed by atoms with Gasteiger partial charge in [0, 0.05) is 31.1 Å². The zero-order valence-corrected chi connectivity index (χ0v) is 17.1. The topological polar surface area (TPSA) is 53.0 Å². The molecule has 0 radical (unpaired) electrons. The van der Waals surface area contributed by atoms with Crippen LogP contribution in [0.5, 0.6) is 5.75 Å². The van der Waals surface area contributed by atoms with Crippen molar-refractivity contribution >= 4 is 11.8 Å². The average Bonchev–Trinajstić information content (AvgIpc) is 2.69. The number of phenolic OH excluding ortho intramolecular Hbond substituents is 1. The number of fused-ring (bicyclic) bond motifs is 3. The van der Waals surface area contributed by atoms with Crippen molar-refractivity contribution in [3.8, 4) is 5.75 Å². The summed E-state index contributed by atoms with van der Waals surface area (Å²) in [6, 6.07) is 2.16. The normalized spacial score (nSPS) is 27.5. The highest BCUT2D eigenvalue weighted by Gasteiger charge is 2.60. The van der Waals surface area contributed by atoms with Crippen molar-refractivity contribution in [2.75, 3.05) is 25.0 Å². The molecule has 8 heteroatoms. The lowest BCUT2D eigenvalue weighted by Crippen LogP contribution is -2.63. The summed E-state index contributed by atoms with van der Waals surface area (Å²) < 4.78 is 46.5. The molecule has 2 heterocycles. The van der Waals surface area contributed by atoms with Crippen LogP contribution in [0.25, 0.3) is 0 Å². The van der Waals surface area contributed by atoms with Crippen LogP contribution < -0.4 is 4.90 Å². The molecule has 156 valence electrons. The quantitative estimate of drug-likeness (QED) is 0.696. The van der Waals surface area contributed by atoms with Gasteiger partial charge in [-0.2, -0.15) is 13.2 Å². The number of carbonyl (C=O) groups is 1. The first-order chi connectivity index (χ1) is 12.6. The maximum atomic E-state index is 13.7. The van der Waals surface area contributed by atoms with Crippen molar-refractivity contribution in [1.29, 1.82) is 0 Å². The molecule has 0 saturated carbocycles. The number of amides is 1. The Morgan fingerprint density at radius 3 is 2.36 bits per heavy atom. The van der Waals surface area contributed by atoms with E-state index in [1.165, 1.54) is 6.07 Å². The first kappa shape index (κ1) is 20.6. The molecule has 1 aromatic carbocycles. The molecule has 5 nitrogen and oxygen atoms in total. The predicted molar refractivity (Wildman–Crippen MR) is 99.7 cm³/mol. The fourth-order valence-corrected chi connectivity index (χ4v) is 4.52. The third-order valence-corrected chi connectivity index (χ3v) is 6.29. The van der Waals surface area contributed by atoms with Crippen molar-refractivity contribution < 1.29 is 27.8 Å². The SMILES string of the molecule is CN1c2c(C(F)(F)F)cc(O)cc2[C@]2(C)CN(C(=O)OC(C)(C)C)CC[C@]12C. The van der Waals surface area contributed by atoms with Gasteiger partial charge in [-0.15, -0.1) is 0 Å². The van der Waals surface area contributed by atoms with Crippen molar-refractivity contribution in [1.82, 2.24) is 4.90 Å². The van der Waals surface area contributed by atoms with Crippen molar-refractivity contribution in [2.24, 2.45) is 0 Å². The van der Waals surface area contributed by atoms with Gasteiger partial charge in [0.05, 0.1) is 11.3 Å². The molecule has 1 fully saturated rings. The number of benzene rings is 1. The number of hydrogen-bond donors (Lipinski definition) is 1. The molecule has 0 unspecified atom stereocenters. The Morgan fingerprint density at radius 1 is 1.21 bits per heavy atom. The van der Waals surface area contributed by atoms with E-state index in [-0.39, 0.29) is 12.2 Å². The van der Waals surface area contributed by atoms with Crippen LogP contribution in [0.3, 0.4) is 0 Å². The second kappa shape index (κ2) is 5.94. The maximum Gasteiger partial charge on any atom is 0.418 e. The second-order valence-electron chi connectivity index (χ2n) is 9.20. The summed E-state index contributed by atoms with van der Waals surface area (Å²) >= 11 is 0. The Balaban J connectivity index is 2.10. The molecule has 2 aliphatic rings. The lowest BCUT2D eigenvalue weighted by molar-refractivity contribution is -0.137. The lowest BCUT2D eigenvalue weighted by Gasteiger charge is -2.52. The molecule has 0 bridgehead atoms. The van der Waals surface area contributed by atoms with E-state index in [0.29, 0.717) is 18.5 Å². The van der Waals surface area contributed by atoms with Crippen LogP contribution in [0.15, 0.2) is 12.1 Å². The third kappa shape index (κ3) is 2.97. The summed E-state index contributed by atoms with van der Waals surface area (Å²) in [4.78, 5) is 15.8. The molecule has 1 amide bonds. The van der Waals surface area contributed by atoms with E-state index in [2.05, 4.69) is 0 Å². The number of likely N-dealkylation sites (N-methyl/N-ethyl adjacent to an activating group) is 1. The van der Waals surface area contributed by atoms with E-state index in [9.17, 15) is 23.1 Å². The standard InChI is InChI=1S/C20H27F3N2O3/c1-17(2,3)28-16(27)25-8-7-19(5)18(4,11-25)13-9-12(26)10-14(20(21,22)23)15(13)24(19)6/h9-10,26H,7-8,11H2,1-6H3/t18-,19-/m0/s1. The first-order valence-electron chi connectivity index (χ1n) is 9.27. The van der Waals surface area contributed by atoms with Crippen molar-refractivity contribution in [3.05, 3.63) is 23.3 Å². The van der Waals surface area contributed by atoms with Crippen molar-refractivity contribution in [3.63, 3.8) is 0 Å². The number of likely N-dealkylation sites (tertiary alicyclic amines) is 1. The fraction of sp³-hybridized carbons (Fsp3) is 0.650. The highest BCUT2D eigenvalue weighted by molar-refractivity contribution is 5.75. The number of halogens is 3. The zero-order chi connectivity index (χ0) is 21.3. The highest BCUT2D eigenvalue weighted by atomic mass is 19.4. The Hall–Kier alpha value is -2.12. The number of nitrogens with zero attached hydrogens (tertiary/aromatic N) is 2. The number of anilines is 1. The highest BCUT2D eigenvalue weighted by Crippen LogP contribution is 2.58. The van der Waals surface area contributed by atoms with Crippen molar-refractivity contribution in [2.45, 2.75) is 63.8 Å². The molecule has 3 rings (SSSR count). The summed E-state index contributed by atoms with van der Waals surface area (Å²) in [5.74, 6) is -0.431. The number of piperidine rings is 1. The zero-order valence-electron chi connectivity index (χ0n) is 17.1. The third-order valence-electron chi connectivity index (χ3n) is 6.29. The molecule has 0 aromatic heterocycles. The summed E-state index contributed by atoms with van der Waals surface area (Å²) in [6.45, 7) is 9.66. The van der Waals surface area contributed by atoms with Crippen LogP contribution >= 0.6 is 0 Å². The molecule has 1 N–H and O–H groups in total. The molecule has 0 spiro atoms. The van der Waals surface area contributed by atoms with Gasteiger partial charge in [-0.1, -0.05) is 6.92 Å². The largest absolute Gasteiger partial charge is 0.508 e. The predicted octanol–water partition coefficient (Wildman–Crippen LogP) is 4.52. The van der Waals surface area contributed by atoms with Gasteiger partial charge in [0.2, 0.25) is 0 Å². The van der Waals surface area contributed by atoms with Crippen LogP contribution in [0, 0.1) is 0 Å². The van der Waals surface area contributed by atoms with Crippen LogP contribution in [0.1, 0.15) is 52.2 Å². The Morgan fingerprint density at radius 2 is 1.82 bits per heavy atom. The van der Waals surface area contributed by atoms with E-state index >= 15 is 0 Å². The van der Waals surface area contributed by atoms with Gasteiger partial charge < -0.3 is 19.6 Å². The molecular formula is C20H27F3N2O3. The van der Waals surface area contributed by atoms with E-state index in [4.69, 9.17) is 4.74 Å². The van der Waals surface area contributed by atoms with Gasteiger partial charge >= 0.3 is 12.3 Å². The molecule has 0 aliphatic carbocycles. The van der Waals surface area contributed by atoms with Gasteiger partial charge in [0.1, 0.15) is 11.4 Å². The van der Waals surface area contributed by atoms with E-state index in [1.807, 2.05) is 13.8 Å². The van der Waals surface area contributed by atoms with E-state index in [0.717, 1.165) is 6.07 Å². The number of hydrogen-bond acceptors (Lipinski definition) is 4. The number of rotatable bonds is 0. The fourth-order valence-electron chi connectivity index (χ4n) is 4.52. The number of aromatic hydroxyl groups is 1. The number of carbonyl (C=O) groups excluding carboxylic acids is 1. The number of phenols is 1. The van der Waals surface area contributed by atoms with Gasteiger partial charge in [-0.05, 0) is 51.8 Å². The van der Waals surface area contributed by atoms with Crippen LogP contribution in [0.2, 0.25) is 0 Å². The lowest BCUT2D eigenvalue weighted by atomic mass is 9.65. The molecule has 2 aliphatic heterocycles. The second-order valence-corrected chi connectivity index (χ2v) is 9.20. The molecule has 28 heavy (non-hydrogen) atoms. The monoisotopic (exact) mass is 400 g/mol. The summed E-state index contributed by atoms with van der Waals surface area (Å²) in [7, 11) is 1.65. The van der Waals surface area contributed by atoms with Gasteiger partial charge in [-0.3, -0.25) is 0 Å². The van der Waals surface area contributed by atoms with Gasteiger partial charge in [-0.25, -0.2) is 4.79 Å². The summed E-state index contributed by atoms with van der Waals surface area (Å²) in [6.07, 6.45) is -4.60. The number of ether oxygens (including phenoxy) is 1. The summed E-state index contributed by atoms with van der Waals surface area (Å²) in [5.41, 5.74) is -2.48. The van der Waals surface area contributed by atoms with Gasteiger partial charge in [0.25, 0.3) is 0 Å². The number of alkyl halides is 3. The van der Waals surface area contributed by atoms with Gasteiger partial charge in [0.15, 0.2) is 0 Å². The molecule has 2 atom stereocenters. The Labute approximate surface area is 163 Å². The summed E-state index contributed by atoms with van der Waals surface area (Å²) in [5, 5.41) is 10.0. The minimum atomic E-state index is -4.60. The Kier molecular flexibility index (Phi) is 4.37. The van der Waals surface area contributed by atoms with E-state index < -0.39 is 40.1 Å². The van der Waals surface area contributed by atoms with Crippen LogP contribution in [-0.2, 0) is 16.3 Å². The minimum Gasteiger partial charge on any atom is -0.508 e.